The highest BCUT2D eigenvalue weighted by atomic mass is 35.5. The molecule has 2 aromatic heterocycles. The smallest absolute Gasteiger partial charge is 0.257 e. The molecule has 7 heteroatoms. The summed E-state index contributed by atoms with van der Waals surface area (Å²) in [5.74, 6) is -0.577. The summed E-state index contributed by atoms with van der Waals surface area (Å²) >= 11 is 6.05. The van der Waals surface area contributed by atoms with Crippen LogP contribution in [0.25, 0.3) is 11.1 Å². The van der Waals surface area contributed by atoms with E-state index in [4.69, 9.17) is 16.1 Å². The van der Waals surface area contributed by atoms with Gasteiger partial charge in [-0.25, -0.2) is 9.37 Å². The number of carbonyl (C=O) groups excluding carboxylic acids is 1. The van der Waals surface area contributed by atoms with Gasteiger partial charge < -0.3 is 9.84 Å². The van der Waals surface area contributed by atoms with E-state index in [1.807, 2.05) is 13.8 Å². The minimum absolute atomic E-state index is 0.151. The Morgan fingerprint density at radius 2 is 2.04 bits per heavy atom. The average molecular weight is 362 g/mol. The van der Waals surface area contributed by atoms with E-state index in [2.05, 4.69) is 15.5 Å². The lowest BCUT2D eigenvalue weighted by atomic mass is 10.1. The second kappa shape index (κ2) is 6.80. The van der Waals surface area contributed by atoms with Crippen LogP contribution in [0.2, 0.25) is 5.02 Å². The molecular formula is C18H17ClFN3O2. The van der Waals surface area contributed by atoms with Gasteiger partial charge in [0.2, 0.25) is 0 Å². The third kappa shape index (κ3) is 3.49. The number of halogens is 2. The van der Waals surface area contributed by atoms with Gasteiger partial charge in [0, 0.05) is 11.2 Å². The fraction of sp³-hybridized carbons (Fsp3) is 0.278. The molecule has 0 saturated carbocycles. The van der Waals surface area contributed by atoms with Crippen molar-refractivity contribution in [1.29, 1.82) is 0 Å². The summed E-state index contributed by atoms with van der Waals surface area (Å²) in [6.07, 6.45) is 1.44. The molecule has 1 amide bonds. The zero-order valence-electron chi connectivity index (χ0n) is 14.0. The van der Waals surface area contributed by atoms with Gasteiger partial charge in [0.05, 0.1) is 22.7 Å². The van der Waals surface area contributed by atoms with Crippen LogP contribution in [0.3, 0.4) is 0 Å². The molecule has 1 aromatic carbocycles. The number of hydrogen-bond donors (Lipinski definition) is 1. The molecule has 0 spiro atoms. The summed E-state index contributed by atoms with van der Waals surface area (Å²) in [5, 5.41) is 7.83. The molecule has 0 bridgehead atoms. The van der Waals surface area contributed by atoms with Gasteiger partial charge in [0.15, 0.2) is 0 Å². The van der Waals surface area contributed by atoms with E-state index in [9.17, 15) is 9.18 Å². The molecule has 0 saturated heterocycles. The monoisotopic (exact) mass is 361 g/mol. The highest BCUT2D eigenvalue weighted by molar-refractivity contribution is 6.31. The average Bonchev–Trinajstić information content (AvgIpc) is 2.97. The van der Waals surface area contributed by atoms with Crippen molar-refractivity contribution in [3.05, 3.63) is 58.1 Å². The van der Waals surface area contributed by atoms with Gasteiger partial charge in [0.1, 0.15) is 5.82 Å². The molecule has 0 aliphatic heterocycles. The lowest BCUT2D eigenvalue weighted by Crippen LogP contribution is -2.27. The van der Waals surface area contributed by atoms with Crippen molar-refractivity contribution in [3.63, 3.8) is 0 Å². The number of pyridine rings is 1. The minimum Gasteiger partial charge on any atom is -0.345 e. The lowest BCUT2D eigenvalue weighted by molar-refractivity contribution is 0.0939. The van der Waals surface area contributed by atoms with Crippen molar-refractivity contribution in [3.8, 4) is 0 Å². The number of nitrogens with one attached hydrogen (secondary N) is 1. The van der Waals surface area contributed by atoms with Crippen LogP contribution < -0.4 is 5.32 Å². The molecule has 2 heterocycles. The predicted octanol–water partition coefficient (Wildman–Crippen LogP) is 4.63. The number of rotatable bonds is 4. The Kier molecular flexibility index (Phi) is 4.72. The zero-order valence-corrected chi connectivity index (χ0v) is 14.8. The molecular weight excluding hydrogens is 345 g/mol. The molecule has 3 aromatic rings. The Morgan fingerprint density at radius 1 is 1.28 bits per heavy atom. The number of carbonyl (C=O) groups is 1. The summed E-state index contributed by atoms with van der Waals surface area (Å²) < 4.78 is 18.3. The van der Waals surface area contributed by atoms with Crippen LogP contribution in [0.15, 0.2) is 35.0 Å². The number of benzene rings is 1. The maximum atomic E-state index is 13.2. The van der Waals surface area contributed by atoms with Crippen molar-refractivity contribution in [2.45, 2.75) is 32.7 Å². The Balaban J connectivity index is 1.85. The standard InChI is InChI=1S/C18H17ClFN3O2/c1-9(2)16-14-6-11(8-21-18(14)25-23-16)17(24)22-10(3)13-5-4-12(20)7-15(13)19/h4-10H,1-3H3,(H,22,24). The Hall–Kier alpha value is -2.47. The van der Waals surface area contributed by atoms with Gasteiger partial charge in [0.25, 0.3) is 11.6 Å². The van der Waals surface area contributed by atoms with E-state index >= 15 is 0 Å². The first-order chi connectivity index (χ1) is 11.9. The van der Waals surface area contributed by atoms with Gasteiger partial charge in [-0.2, -0.15) is 0 Å². The largest absolute Gasteiger partial charge is 0.345 e. The molecule has 1 N–H and O–H groups in total. The molecule has 0 aliphatic rings. The second-order valence-electron chi connectivity index (χ2n) is 6.16. The summed E-state index contributed by atoms with van der Waals surface area (Å²) in [6.45, 7) is 5.76. The quantitative estimate of drug-likeness (QED) is 0.735. The molecule has 3 rings (SSSR count). The number of nitrogens with zero attached hydrogens (tertiary/aromatic N) is 2. The number of fused-ring (bicyclic) bond motifs is 1. The fourth-order valence-electron chi connectivity index (χ4n) is 2.60. The van der Waals surface area contributed by atoms with E-state index in [0.29, 0.717) is 16.8 Å². The first kappa shape index (κ1) is 17.4. The van der Waals surface area contributed by atoms with E-state index in [0.717, 1.165) is 11.1 Å². The van der Waals surface area contributed by atoms with Crippen molar-refractivity contribution in [2.24, 2.45) is 0 Å². The molecule has 0 fully saturated rings. The van der Waals surface area contributed by atoms with Crippen LogP contribution >= 0.6 is 11.6 Å². The van der Waals surface area contributed by atoms with E-state index in [-0.39, 0.29) is 22.9 Å². The molecule has 1 atom stereocenters. The maximum Gasteiger partial charge on any atom is 0.257 e. The SMILES string of the molecule is CC(C)c1noc2ncc(C(=O)NC(C)c3ccc(F)cc3Cl)cc12. The molecule has 5 nitrogen and oxygen atoms in total. The van der Waals surface area contributed by atoms with Crippen molar-refractivity contribution in [2.75, 3.05) is 0 Å². The number of amides is 1. The predicted molar refractivity (Wildman–Crippen MR) is 93.2 cm³/mol. The summed E-state index contributed by atoms with van der Waals surface area (Å²) in [6, 6.07) is 5.41. The van der Waals surface area contributed by atoms with Crippen molar-refractivity contribution in [1.82, 2.24) is 15.5 Å². The lowest BCUT2D eigenvalue weighted by Gasteiger charge is -2.15. The summed E-state index contributed by atoms with van der Waals surface area (Å²) in [7, 11) is 0. The van der Waals surface area contributed by atoms with Crippen LogP contribution in [0.1, 0.15) is 54.3 Å². The number of hydrogen-bond acceptors (Lipinski definition) is 4. The summed E-state index contributed by atoms with van der Waals surface area (Å²) in [5.41, 5.74) is 2.18. The third-order valence-electron chi connectivity index (χ3n) is 3.94. The van der Waals surface area contributed by atoms with Crippen LogP contribution in [-0.4, -0.2) is 16.0 Å². The van der Waals surface area contributed by atoms with Crippen LogP contribution in [-0.2, 0) is 0 Å². The molecule has 1 unspecified atom stereocenters. The van der Waals surface area contributed by atoms with Crippen LogP contribution in [0.5, 0.6) is 0 Å². The van der Waals surface area contributed by atoms with Crippen molar-refractivity contribution >= 4 is 28.6 Å². The first-order valence-electron chi connectivity index (χ1n) is 7.88. The van der Waals surface area contributed by atoms with Crippen molar-refractivity contribution < 1.29 is 13.7 Å². The van der Waals surface area contributed by atoms with Gasteiger partial charge >= 0.3 is 0 Å². The highest BCUT2D eigenvalue weighted by Gasteiger charge is 2.18. The zero-order chi connectivity index (χ0) is 18.1. The fourth-order valence-corrected chi connectivity index (χ4v) is 2.93. The molecule has 0 aliphatic carbocycles. The normalized spacial score (nSPS) is 12.6. The van der Waals surface area contributed by atoms with E-state index < -0.39 is 5.82 Å². The minimum atomic E-state index is -0.421. The van der Waals surface area contributed by atoms with E-state index in [1.165, 1.54) is 18.3 Å². The molecule has 25 heavy (non-hydrogen) atoms. The van der Waals surface area contributed by atoms with Gasteiger partial charge in [-0.3, -0.25) is 4.79 Å². The third-order valence-corrected chi connectivity index (χ3v) is 4.27. The van der Waals surface area contributed by atoms with Gasteiger partial charge in [-0.1, -0.05) is 36.7 Å². The van der Waals surface area contributed by atoms with Crippen LogP contribution in [0.4, 0.5) is 4.39 Å². The number of aromatic nitrogens is 2. The second-order valence-corrected chi connectivity index (χ2v) is 6.57. The Morgan fingerprint density at radius 3 is 2.72 bits per heavy atom. The summed E-state index contributed by atoms with van der Waals surface area (Å²) in [4.78, 5) is 16.7. The van der Waals surface area contributed by atoms with Gasteiger partial charge in [-0.15, -0.1) is 0 Å². The van der Waals surface area contributed by atoms with E-state index in [1.54, 1.807) is 19.1 Å². The van der Waals surface area contributed by atoms with Crippen LogP contribution in [0, 0.1) is 5.82 Å². The Bertz CT molecular complexity index is 939. The Labute approximate surface area is 149 Å². The molecule has 130 valence electrons. The van der Waals surface area contributed by atoms with Gasteiger partial charge in [-0.05, 0) is 36.6 Å². The highest BCUT2D eigenvalue weighted by Crippen LogP contribution is 2.26. The maximum absolute atomic E-state index is 13.2. The first-order valence-corrected chi connectivity index (χ1v) is 8.25. The topological polar surface area (TPSA) is 68.0 Å². The molecule has 0 radical (unpaired) electrons.